The molecule has 1 saturated heterocycles. The second-order valence-corrected chi connectivity index (χ2v) is 9.90. The minimum absolute atomic E-state index is 0.0516. The summed E-state index contributed by atoms with van der Waals surface area (Å²) in [4.78, 5) is 14.7. The number of carbonyl (C=O) groups is 1. The van der Waals surface area contributed by atoms with Crippen LogP contribution in [0, 0.1) is 0 Å². The van der Waals surface area contributed by atoms with Crippen molar-refractivity contribution in [3.05, 3.63) is 60.7 Å². The van der Waals surface area contributed by atoms with Gasteiger partial charge in [-0.1, -0.05) is 30.3 Å². The number of para-hydroxylation sites is 3. The lowest BCUT2D eigenvalue weighted by Crippen LogP contribution is -2.61. The summed E-state index contributed by atoms with van der Waals surface area (Å²) >= 11 is 0. The average Bonchev–Trinajstić information content (AvgIpc) is 3.40. The minimum atomic E-state index is -2.61. The largest absolute Gasteiger partial charge is 0.493 e. The van der Waals surface area contributed by atoms with E-state index in [0.29, 0.717) is 34.1 Å². The Balaban J connectivity index is 1.19. The molecular weight excluding hydrogens is 564 g/mol. The molecule has 0 radical (unpaired) electrons. The molecule has 1 unspecified atom stereocenters. The summed E-state index contributed by atoms with van der Waals surface area (Å²) in [5.74, 6) is -0.477. The van der Waals surface area contributed by atoms with Crippen molar-refractivity contribution in [3.63, 3.8) is 0 Å². The Labute approximate surface area is 250 Å². The van der Waals surface area contributed by atoms with E-state index in [9.17, 15) is 30.3 Å². The Morgan fingerprint density at radius 1 is 0.977 bits per heavy atom. The van der Waals surface area contributed by atoms with E-state index in [1.807, 2.05) is 0 Å². The normalized spacial score (nSPS) is 24.1. The Morgan fingerprint density at radius 3 is 2.51 bits per heavy atom. The van der Waals surface area contributed by atoms with Gasteiger partial charge in [-0.15, -0.1) is 0 Å². The van der Waals surface area contributed by atoms with Gasteiger partial charge in [-0.25, -0.2) is 4.79 Å². The molecule has 230 valence electrons. The van der Waals surface area contributed by atoms with E-state index in [1.54, 1.807) is 54.6 Å². The Bertz CT molecular complexity index is 1650. The van der Waals surface area contributed by atoms with Crippen LogP contribution in [0.4, 0.5) is 0 Å². The first-order chi connectivity index (χ1) is 21.9. The number of rotatable bonds is 13. The fourth-order valence-electron chi connectivity index (χ4n) is 4.81. The molecule has 13 nitrogen and oxygen atoms in total. The molecule has 6 atom stereocenters. The van der Waals surface area contributed by atoms with Crippen molar-refractivity contribution < 1.29 is 58.1 Å². The predicted octanol–water partition coefficient (Wildman–Crippen LogP) is 1.01. The summed E-state index contributed by atoms with van der Waals surface area (Å²) < 4.78 is 49.4. The number of nitrogens with one attached hydrogen (secondary N) is 2. The van der Waals surface area contributed by atoms with Gasteiger partial charge in [-0.3, -0.25) is 0 Å². The van der Waals surface area contributed by atoms with Crippen LogP contribution in [0.3, 0.4) is 0 Å². The SMILES string of the molecule is [2H]C([2H])([2H])Oc1ccccc1OCCNCC(O)COc1cccc2[nH]c3c(O[C@@H]4O[C@H](C(=O)O)[C@@H](O)[C@H](O)[C@H]4O)cccc3c12. The van der Waals surface area contributed by atoms with Crippen molar-refractivity contribution in [1.29, 1.82) is 0 Å². The number of carboxylic acid groups (broad SMARTS) is 1. The zero-order chi connectivity index (χ0) is 33.0. The summed E-state index contributed by atoms with van der Waals surface area (Å²) in [6.07, 6.45) is -9.66. The summed E-state index contributed by atoms with van der Waals surface area (Å²) in [6, 6.07) is 16.8. The highest BCUT2D eigenvalue weighted by Gasteiger charge is 2.48. The third-order valence-electron chi connectivity index (χ3n) is 6.94. The van der Waals surface area contributed by atoms with E-state index in [2.05, 4.69) is 10.3 Å². The van der Waals surface area contributed by atoms with Crippen LogP contribution in [0.15, 0.2) is 60.7 Å². The minimum Gasteiger partial charge on any atom is -0.493 e. The highest BCUT2D eigenvalue weighted by Crippen LogP contribution is 2.38. The number of hydrogen-bond acceptors (Lipinski definition) is 11. The Morgan fingerprint density at radius 2 is 1.72 bits per heavy atom. The second kappa shape index (κ2) is 13.5. The molecule has 5 rings (SSSR count). The van der Waals surface area contributed by atoms with Crippen molar-refractivity contribution in [3.8, 4) is 23.0 Å². The molecule has 4 aromatic rings. The van der Waals surface area contributed by atoms with E-state index in [4.69, 9.17) is 27.8 Å². The fourth-order valence-corrected chi connectivity index (χ4v) is 4.81. The number of aliphatic carboxylic acids is 1. The number of carboxylic acids is 1. The van der Waals surface area contributed by atoms with Crippen LogP contribution in [0.25, 0.3) is 21.8 Å². The van der Waals surface area contributed by atoms with Gasteiger partial charge >= 0.3 is 5.97 Å². The summed E-state index contributed by atoms with van der Waals surface area (Å²) in [5, 5.41) is 54.8. The molecule has 7 N–H and O–H groups in total. The van der Waals surface area contributed by atoms with Crippen molar-refractivity contribution in [2.75, 3.05) is 33.3 Å². The Kier molecular flexibility index (Phi) is 8.30. The summed E-state index contributed by atoms with van der Waals surface area (Å²) in [5.41, 5.74) is 1.14. The molecule has 13 heteroatoms. The highest BCUT2D eigenvalue weighted by atomic mass is 16.7. The lowest BCUT2D eigenvalue weighted by molar-refractivity contribution is -0.270. The number of aliphatic hydroxyl groups is 4. The topological polar surface area (TPSA) is 192 Å². The lowest BCUT2D eigenvalue weighted by Gasteiger charge is -2.38. The molecular formula is C30H34N2O11. The quantitative estimate of drug-likeness (QED) is 0.108. The monoisotopic (exact) mass is 601 g/mol. The van der Waals surface area contributed by atoms with Crippen molar-refractivity contribution in [2.45, 2.75) is 36.8 Å². The van der Waals surface area contributed by atoms with Gasteiger partial charge in [0, 0.05) is 23.9 Å². The smallest absolute Gasteiger partial charge is 0.335 e. The zero-order valence-electron chi connectivity index (χ0n) is 25.8. The molecule has 0 spiro atoms. The van der Waals surface area contributed by atoms with Gasteiger partial charge in [-0.05, 0) is 30.3 Å². The summed E-state index contributed by atoms with van der Waals surface area (Å²) in [6.45, 7) is 0.667. The molecule has 43 heavy (non-hydrogen) atoms. The predicted molar refractivity (Wildman–Crippen MR) is 154 cm³/mol. The number of hydrogen-bond donors (Lipinski definition) is 7. The molecule has 0 bridgehead atoms. The van der Waals surface area contributed by atoms with E-state index in [1.165, 1.54) is 6.07 Å². The third-order valence-corrected chi connectivity index (χ3v) is 6.94. The second-order valence-electron chi connectivity index (χ2n) is 9.90. The van der Waals surface area contributed by atoms with Crippen LogP contribution >= 0.6 is 0 Å². The van der Waals surface area contributed by atoms with Crippen LogP contribution in [-0.2, 0) is 9.53 Å². The number of benzene rings is 3. The van der Waals surface area contributed by atoms with Crippen molar-refractivity contribution in [1.82, 2.24) is 10.3 Å². The molecule has 3 aromatic carbocycles. The number of aliphatic hydroxyl groups excluding tert-OH is 4. The van der Waals surface area contributed by atoms with Crippen LogP contribution in [-0.4, -0.2) is 107 Å². The highest BCUT2D eigenvalue weighted by molar-refractivity contribution is 6.12. The molecule has 1 aliphatic rings. The Hall–Kier alpha value is -4.11. The van der Waals surface area contributed by atoms with E-state index in [0.717, 1.165) is 0 Å². The first-order valence-electron chi connectivity index (χ1n) is 15.0. The lowest BCUT2D eigenvalue weighted by atomic mass is 9.99. The molecule has 1 aromatic heterocycles. The number of fused-ring (bicyclic) bond motifs is 3. The molecule has 0 amide bonds. The van der Waals surface area contributed by atoms with Crippen molar-refractivity contribution in [2.24, 2.45) is 0 Å². The molecule has 1 aliphatic heterocycles. The van der Waals surface area contributed by atoms with Gasteiger partial charge in [0.25, 0.3) is 0 Å². The first-order valence-corrected chi connectivity index (χ1v) is 13.5. The number of aromatic nitrogens is 1. The number of aromatic amines is 1. The van der Waals surface area contributed by atoms with Gasteiger partial charge in [0.1, 0.15) is 49.1 Å². The van der Waals surface area contributed by atoms with Crippen LogP contribution in [0.2, 0.25) is 0 Å². The number of methoxy groups -OCH3 is 1. The average molecular weight is 602 g/mol. The van der Waals surface area contributed by atoms with Gasteiger partial charge in [-0.2, -0.15) is 0 Å². The number of H-pyrrole nitrogens is 1. The van der Waals surface area contributed by atoms with Gasteiger partial charge in [0.2, 0.25) is 6.29 Å². The van der Waals surface area contributed by atoms with E-state index >= 15 is 0 Å². The zero-order valence-corrected chi connectivity index (χ0v) is 22.8. The maximum atomic E-state index is 11.5. The van der Waals surface area contributed by atoms with E-state index < -0.39 is 49.8 Å². The van der Waals surface area contributed by atoms with Crippen LogP contribution in [0.5, 0.6) is 23.0 Å². The molecule has 1 fully saturated rings. The van der Waals surface area contributed by atoms with Gasteiger partial charge in [0.15, 0.2) is 17.6 Å². The maximum Gasteiger partial charge on any atom is 0.335 e. The maximum absolute atomic E-state index is 11.5. The third kappa shape index (κ3) is 6.62. The van der Waals surface area contributed by atoms with Crippen LogP contribution < -0.4 is 24.3 Å². The molecule has 0 saturated carbocycles. The first kappa shape index (κ1) is 26.5. The number of ether oxygens (including phenoxy) is 5. The fraction of sp³-hybridized carbons (Fsp3) is 0.367. The molecule has 0 aliphatic carbocycles. The molecule has 2 heterocycles. The van der Waals surface area contributed by atoms with E-state index in [-0.39, 0.29) is 37.0 Å². The summed E-state index contributed by atoms with van der Waals surface area (Å²) in [7, 11) is -2.61. The van der Waals surface area contributed by atoms with Gasteiger partial charge in [0.05, 0.1) is 22.2 Å². The van der Waals surface area contributed by atoms with Gasteiger partial charge < -0.3 is 59.5 Å². The van der Waals surface area contributed by atoms with Crippen molar-refractivity contribution >= 4 is 27.8 Å². The van der Waals surface area contributed by atoms with Crippen LogP contribution in [0.1, 0.15) is 4.11 Å². The standard InChI is InChI=1S/C30H34N2O11/c1-39-19-8-2-3-9-20(19)40-13-12-31-14-16(33)15-41-21-10-5-7-18-23(21)17-6-4-11-22(24(17)32-18)42-30-27(36)25(34)26(35)28(43-30)29(37)38/h2-11,16,25-28,30-36H,12-15H2,1H3,(H,37,38)/t16?,25-,26-,27+,28-,30+/m0/s1/i1D3.